The predicted molar refractivity (Wildman–Crippen MR) is 88.0 cm³/mol. The molecule has 0 fully saturated rings. The molecule has 0 aliphatic heterocycles. The number of nitrogens with one attached hydrogen (secondary N) is 1. The fourth-order valence-electron chi connectivity index (χ4n) is 1.78. The minimum atomic E-state index is 0.319. The molecule has 0 atom stereocenters. The fourth-order valence-corrected chi connectivity index (χ4v) is 3.11. The van der Waals surface area contributed by atoms with Crippen molar-refractivity contribution in [3.05, 3.63) is 47.2 Å². The Morgan fingerprint density at radius 2 is 2.20 bits per heavy atom. The van der Waals surface area contributed by atoms with Crippen LogP contribution in [0.3, 0.4) is 0 Å². The van der Waals surface area contributed by atoms with Crippen LogP contribution in [0, 0.1) is 0 Å². The lowest BCUT2D eigenvalue weighted by atomic mass is 10.2. The number of aromatic nitrogens is 2. The molecule has 2 aromatic heterocycles. The van der Waals surface area contributed by atoms with Gasteiger partial charge in [0.25, 0.3) is 0 Å². The molecule has 3 aromatic rings. The van der Waals surface area contributed by atoms with Gasteiger partial charge < -0.3 is 11.1 Å². The molecular formula is C13H9ClN4S2. The third-order valence-corrected chi connectivity index (χ3v) is 4.07. The van der Waals surface area contributed by atoms with Crippen molar-refractivity contribution in [2.24, 2.45) is 5.73 Å². The second-order valence-electron chi connectivity index (χ2n) is 4.04. The van der Waals surface area contributed by atoms with E-state index in [2.05, 4.69) is 15.3 Å². The standard InChI is InChI=1S/C13H9ClN4S2/c14-7-1-2-9-11(5-7)20-13(17-9)18-10-6-16-4-3-8(10)12(15)19/h1-6H,(H2,15,19)(H,17,18). The molecule has 0 saturated heterocycles. The normalized spacial score (nSPS) is 10.7. The van der Waals surface area contributed by atoms with Crippen molar-refractivity contribution in [3.8, 4) is 0 Å². The van der Waals surface area contributed by atoms with E-state index in [1.807, 2.05) is 18.2 Å². The first-order valence-corrected chi connectivity index (χ1v) is 7.31. The molecule has 2 heterocycles. The molecule has 7 heteroatoms. The number of anilines is 2. The van der Waals surface area contributed by atoms with Crippen LogP contribution in [-0.4, -0.2) is 15.0 Å². The van der Waals surface area contributed by atoms with Gasteiger partial charge in [0.15, 0.2) is 5.13 Å². The van der Waals surface area contributed by atoms with Gasteiger partial charge in [-0.2, -0.15) is 0 Å². The van der Waals surface area contributed by atoms with Crippen LogP contribution in [0.4, 0.5) is 10.8 Å². The first-order valence-electron chi connectivity index (χ1n) is 5.70. The fraction of sp³-hybridized carbons (Fsp3) is 0. The van der Waals surface area contributed by atoms with Crippen LogP contribution in [0.2, 0.25) is 5.02 Å². The smallest absolute Gasteiger partial charge is 0.188 e. The summed E-state index contributed by atoms with van der Waals surface area (Å²) in [5, 5.41) is 4.63. The molecule has 0 radical (unpaired) electrons. The average Bonchev–Trinajstić information content (AvgIpc) is 2.80. The van der Waals surface area contributed by atoms with Crippen molar-refractivity contribution in [1.82, 2.24) is 9.97 Å². The maximum atomic E-state index is 5.97. The van der Waals surface area contributed by atoms with Crippen LogP contribution in [0.1, 0.15) is 5.56 Å². The monoisotopic (exact) mass is 320 g/mol. The number of hydrogen-bond acceptors (Lipinski definition) is 5. The molecule has 0 aliphatic rings. The molecule has 0 unspecified atom stereocenters. The second kappa shape index (κ2) is 5.32. The predicted octanol–water partition coefficient (Wildman–Crippen LogP) is 3.72. The molecule has 0 bridgehead atoms. The third kappa shape index (κ3) is 2.58. The number of rotatable bonds is 3. The Hall–Kier alpha value is -1.76. The van der Waals surface area contributed by atoms with E-state index >= 15 is 0 Å². The summed E-state index contributed by atoms with van der Waals surface area (Å²) in [6.45, 7) is 0. The molecule has 100 valence electrons. The van der Waals surface area contributed by atoms with Crippen molar-refractivity contribution < 1.29 is 0 Å². The zero-order chi connectivity index (χ0) is 14.1. The molecule has 1 aromatic carbocycles. The summed E-state index contributed by atoms with van der Waals surface area (Å²) in [4.78, 5) is 8.88. The topological polar surface area (TPSA) is 63.8 Å². The Labute approximate surface area is 129 Å². The molecule has 3 rings (SSSR count). The van der Waals surface area contributed by atoms with E-state index in [-0.39, 0.29) is 0 Å². The van der Waals surface area contributed by atoms with Crippen molar-refractivity contribution in [2.45, 2.75) is 0 Å². The number of nitrogens with zero attached hydrogens (tertiary/aromatic N) is 2. The number of thiazole rings is 1. The summed E-state index contributed by atoms with van der Waals surface area (Å²) in [6, 6.07) is 7.36. The summed E-state index contributed by atoms with van der Waals surface area (Å²) < 4.78 is 1.01. The van der Waals surface area contributed by atoms with E-state index in [1.54, 1.807) is 18.5 Å². The van der Waals surface area contributed by atoms with E-state index in [4.69, 9.17) is 29.6 Å². The van der Waals surface area contributed by atoms with Gasteiger partial charge in [0.1, 0.15) is 4.99 Å². The molecule has 0 aliphatic carbocycles. The first kappa shape index (κ1) is 13.2. The molecule has 20 heavy (non-hydrogen) atoms. The number of benzene rings is 1. The summed E-state index contributed by atoms with van der Waals surface area (Å²) in [6.07, 6.45) is 3.32. The maximum Gasteiger partial charge on any atom is 0.188 e. The Morgan fingerprint density at radius 3 is 3.00 bits per heavy atom. The van der Waals surface area contributed by atoms with Crippen LogP contribution in [0.15, 0.2) is 36.7 Å². The summed E-state index contributed by atoms with van der Waals surface area (Å²) in [7, 11) is 0. The molecule has 0 amide bonds. The Morgan fingerprint density at radius 1 is 1.35 bits per heavy atom. The lowest BCUT2D eigenvalue weighted by Crippen LogP contribution is -2.12. The van der Waals surface area contributed by atoms with Gasteiger partial charge >= 0.3 is 0 Å². The van der Waals surface area contributed by atoms with Crippen LogP contribution in [0.5, 0.6) is 0 Å². The number of pyridine rings is 1. The minimum Gasteiger partial charge on any atom is -0.389 e. The van der Waals surface area contributed by atoms with Crippen molar-refractivity contribution in [2.75, 3.05) is 5.32 Å². The van der Waals surface area contributed by atoms with Gasteiger partial charge in [0, 0.05) is 16.8 Å². The van der Waals surface area contributed by atoms with E-state index in [9.17, 15) is 0 Å². The van der Waals surface area contributed by atoms with E-state index in [0.29, 0.717) is 10.0 Å². The van der Waals surface area contributed by atoms with E-state index < -0.39 is 0 Å². The van der Waals surface area contributed by atoms with Crippen LogP contribution < -0.4 is 11.1 Å². The summed E-state index contributed by atoms with van der Waals surface area (Å²) in [5.74, 6) is 0. The van der Waals surface area contributed by atoms with Gasteiger partial charge in [0.2, 0.25) is 0 Å². The van der Waals surface area contributed by atoms with Gasteiger partial charge in [-0.05, 0) is 24.3 Å². The maximum absolute atomic E-state index is 5.97. The average molecular weight is 321 g/mol. The quantitative estimate of drug-likeness (QED) is 0.720. The highest BCUT2D eigenvalue weighted by molar-refractivity contribution is 7.80. The molecule has 4 nitrogen and oxygen atoms in total. The molecule has 0 spiro atoms. The largest absolute Gasteiger partial charge is 0.389 e. The Bertz CT molecular complexity index is 800. The molecule has 3 N–H and O–H groups in total. The first-order chi connectivity index (χ1) is 9.63. The van der Waals surface area contributed by atoms with Crippen molar-refractivity contribution in [1.29, 1.82) is 0 Å². The van der Waals surface area contributed by atoms with Gasteiger partial charge in [-0.25, -0.2) is 4.98 Å². The van der Waals surface area contributed by atoms with Gasteiger partial charge in [0.05, 0.1) is 22.1 Å². The zero-order valence-corrected chi connectivity index (χ0v) is 12.5. The van der Waals surface area contributed by atoms with Crippen molar-refractivity contribution >= 4 is 61.2 Å². The lowest BCUT2D eigenvalue weighted by molar-refractivity contribution is 1.31. The van der Waals surface area contributed by atoms with E-state index in [0.717, 1.165) is 26.6 Å². The van der Waals surface area contributed by atoms with Crippen molar-refractivity contribution in [3.63, 3.8) is 0 Å². The van der Waals surface area contributed by atoms with Crippen LogP contribution >= 0.6 is 35.2 Å². The number of halogens is 1. The minimum absolute atomic E-state index is 0.319. The zero-order valence-electron chi connectivity index (χ0n) is 10.1. The highest BCUT2D eigenvalue weighted by atomic mass is 35.5. The highest BCUT2D eigenvalue weighted by Gasteiger charge is 2.09. The lowest BCUT2D eigenvalue weighted by Gasteiger charge is -2.07. The number of nitrogens with two attached hydrogens (primary N) is 1. The number of thiocarbonyl (C=S) groups is 1. The second-order valence-corrected chi connectivity index (χ2v) is 5.95. The van der Waals surface area contributed by atoms with Crippen LogP contribution in [0.25, 0.3) is 10.2 Å². The SMILES string of the molecule is NC(=S)c1ccncc1Nc1nc2ccc(Cl)cc2s1. The van der Waals surface area contributed by atoms with Gasteiger partial charge in [-0.15, -0.1) is 0 Å². The van der Waals surface area contributed by atoms with Gasteiger partial charge in [-0.1, -0.05) is 35.2 Å². The Balaban J connectivity index is 1.99. The summed E-state index contributed by atoms with van der Waals surface area (Å²) in [5.41, 5.74) is 8.07. The highest BCUT2D eigenvalue weighted by Crippen LogP contribution is 2.30. The number of fused-ring (bicyclic) bond motifs is 1. The van der Waals surface area contributed by atoms with Crippen LogP contribution in [-0.2, 0) is 0 Å². The molecular weight excluding hydrogens is 312 g/mol. The summed E-state index contributed by atoms with van der Waals surface area (Å²) >= 11 is 12.5. The number of hydrogen-bond donors (Lipinski definition) is 2. The van der Waals surface area contributed by atoms with E-state index in [1.165, 1.54) is 11.3 Å². The van der Waals surface area contributed by atoms with Gasteiger partial charge in [-0.3, -0.25) is 4.98 Å². The molecule has 0 saturated carbocycles. The third-order valence-electron chi connectivity index (χ3n) is 2.68. The Kier molecular flexibility index (Phi) is 3.52.